The van der Waals surface area contributed by atoms with Crippen LogP contribution in [0, 0.1) is 13.8 Å². The molecule has 0 fully saturated rings. The summed E-state index contributed by atoms with van der Waals surface area (Å²) in [6, 6.07) is 42.1. The predicted molar refractivity (Wildman–Crippen MR) is 162 cm³/mol. The van der Waals surface area contributed by atoms with Crippen LogP contribution in [0.25, 0.3) is 54.8 Å². The SMILES string of the molecule is Cc1ccccc1N1c2ccccc2-c2c([nH]c3c2ccc2c(C)cccc23)-c2ccc3ccccc3c21. The summed E-state index contributed by atoms with van der Waals surface area (Å²) < 4.78 is 0. The second kappa shape index (κ2) is 7.84. The first-order chi connectivity index (χ1) is 18.7. The van der Waals surface area contributed by atoms with Crippen LogP contribution in [-0.4, -0.2) is 4.98 Å². The number of para-hydroxylation sites is 2. The van der Waals surface area contributed by atoms with E-state index < -0.39 is 0 Å². The van der Waals surface area contributed by atoms with Crippen LogP contribution in [0.3, 0.4) is 0 Å². The van der Waals surface area contributed by atoms with Crippen LogP contribution in [0.15, 0.2) is 115 Å². The number of hydrogen-bond acceptors (Lipinski definition) is 1. The molecule has 2 heteroatoms. The minimum Gasteiger partial charge on any atom is -0.353 e. The van der Waals surface area contributed by atoms with Gasteiger partial charge < -0.3 is 9.88 Å². The number of nitrogens with zero attached hydrogens (tertiary/aromatic N) is 1. The first-order valence-electron chi connectivity index (χ1n) is 13.2. The number of nitrogens with one attached hydrogen (secondary N) is 1. The van der Waals surface area contributed by atoms with Crippen molar-refractivity contribution >= 4 is 49.5 Å². The molecule has 0 bridgehead atoms. The molecule has 1 aromatic heterocycles. The summed E-state index contributed by atoms with van der Waals surface area (Å²) in [5.41, 5.74) is 12.3. The van der Waals surface area contributed by atoms with E-state index >= 15 is 0 Å². The number of aryl methyl sites for hydroxylation is 2. The van der Waals surface area contributed by atoms with Crippen LogP contribution < -0.4 is 4.90 Å². The second-order valence-corrected chi connectivity index (χ2v) is 10.4. The molecule has 0 radical (unpaired) electrons. The molecule has 180 valence electrons. The monoisotopic (exact) mass is 486 g/mol. The number of aromatic amines is 1. The van der Waals surface area contributed by atoms with Gasteiger partial charge in [0, 0.05) is 38.5 Å². The lowest BCUT2D eigenvalue weighted by Gasteiger charge is -2.30. The van der Waals surface area contributed by atoms with Crippen molar-refractivity contribution in [1.29, 1.82) is 0 Å². The van der Waals surface area contributed by atoms with Crippen LogP contribution >= 0.6 is 0 Å². The fraction of sp³-hybridized carbons (Fsp3) is 0.0556. The Morgan fingerprint density at radius 1 is 0.500 bits per heavy atom. The Morgan fingerprint density at radius 2 is 1.21 bits per heavy atom. The van der Waals surface area contributed by atoms with Gasteiger partial charge in [-0.25, -0.2) is 0 Å². The van der Waals surface area contributed by atoms with Gasteiger partial charge in [0.2, 0.25) is 0 Å². The fourth-order valence-corrected chi connectivity index (χ4v) is 6.42. The lowest BCUT2D eigenvalue weighted by atomic mass is 9.95. The molecule has 2 heterocycles. The zero-order valence-corrected chi connectivity index (χ0v) is 21.4. The van der Waals surface area contributed by atoms with Crippen molar-refractivity contribution in [2.45, 2.75) is 13.8 Å². The molecule has 38 heavy (non-hydrogen) atoms. The minimum atomic E-state index is 1.18. The minimum absolute atomic E-state index is 1.18. The number of benzene rings is 6. The molecule has 0 atom stereocenters. The van der Waals surface area contributed by atoms with Crippen LogP contribution in [0.2, 0.25) is 0 Å². The Bertz CT molecular complexity index is 2060. The molecule has 6 aromatic carbocycles. The molecule has 0 aliphatic carbocycles. The van der Waals surface area contributed by atoms with Gasteiger partial charge in [-0.05, 0) is 47.9 Å². The number of H-pyrrole nitrogens is 1. The van der Waals surface area contributed by atoms with Gasteiger partial charge in [0.15, 0.2) is 0 Å². The summed E-state index contributed by atoms with van der Waals surface area (Å²) in [7, 11) is 0. The molecule has 0 saturated heterocycles. The highest BCUT2D eigenvalue weighted by atomic mass is 15.2. The number of anilines is 3. The number of rotatable bonds is 1. The smallest absolute Gasteiger partial charge is 0.0633 e. The van der Waals surface area contributed by atoms with E-state index in [1.807, 2.05) is 0 Å². The third-order valence-corrected chi connectivity index (χ3v) is 8.21. The van der Waals surface area contributed by atoms with E-state index in [4.69, 9.17) is 0 Å². The van der Waals surface area contributed by atoms with Crippen molar-refractivity contribution in [3.63, 3.8) is 0 Å². The molecule has 1 aliphatic heterocycles. The lowest BCUT2D eigenvalue weighted by Crippen LogP contribution is -2.12. The summed E-state index contributed by atoms with van der Waals surface area (Å²) >= 11 is 0. The molecule has 2 nitrogen and oxygen atoms in total. The maximum atomic E-state index is 3.95. The number of aromatic nitrogens is 1. The highest BCUT2D eigenvalue weighted by molar-refractivity contribution is 6.20. The fourth-order valence-electron chi connectivity index (χ4n) is 6.42. The van der Waals surface area contributed by atoms with Crippen LogP contribution in [0.4, 0.5) is 17.1 Å². The van der Waals surface area contributed by atoms with Crippen molar-refractivity contribution in [2.24, 2.45) is 0 Å². The van der Waals surface area contributed by atoms with Gasteiger partial charge >= 0.3 is 0 Å². The molecular weight excluding hydrogens is 460 g/mol. The van der Waals surface area contributed by atoms with E-state index in [9.17, 15) is 0 Å². The molecule has 7 aromatic rings. The normalized spacial score (nSPS) is 12.4. The first-order valence-corrected chi connectivity index (χ1v) is 13.2. The second-order valence-electron chi connectivity index (χ2n) is 10.4. The van der Waals surface area contributed by atoms with Crippen LogP contribution in [0.1, 0.15) is 11.1 Å². The van der Waals surface area contributed by atoms with Crippen molar-refractivity contribution in [1.82, 2.24) is 4.98 Å². The van der Waals surface area contributed by atoms with E-state index in [-0.39, 0.29) is 0 Å². The quantitative estimate of drug-likeness (QED) is 0.244. The Kier molecular flexibility index (Phi) is 4.39. The van der Waals surface area contributed by atoms with Crippen LogP contribution in [0.5, 0.6) is 0 Å². The van der Waals surface area contributed by atoms with Crippen LogP contribution in [-0.2, 0) is 0 Å². The predicted octanol–water partition coefficient (Wildman–Crippen LogP) is 10.2. The lowest BCUT2D eigenvalue weighted by molar-refractivity contribution is 1.27. The summed E-state index contributed by atoms with van der Waals surface area (Å²) in [6.45, 7) is 4.40. The maximum Gasteiger partial charge on any atom is 0.0633 e. The highest BCUT2D eigenvalue weighted by Gasteiger charge is 2.30. The summed E-state index contributed by atoms with van der Waals surface area (Å²) in [5, 5.41) is 6.31. The van der Waals surface area contributed by atoms with Gasteiger partial charge in [-0.2, -0.15) is 0 Å². The van der Waals surface area contributed by atoms with Crippen molar-refractivity contribution in [3.8, 4) is 22.4 Å². The van der Waals surface area contributed by atoms with E-state index in [2.05, 4.69) is 139 Å². The van der Waals surface area contributed by atoms with E-state index in [0.717, 1.165) is 0 Å². The Hall–Kier alpha value is -4.82. The Balaban J connectivity index is 1.60. The van der Waals surface area contributed by atoms with Crippen molar-refractivity contribution < 1.29 is 0 Å². The van der Waals surface area contributed by atoms with Gasteiger partial charge in [0.1, 0.15) is 0 Å². The maximum absolute atomic E-state index is 3.95. The molecule has 1 N–H and O–H groups in total. The summed E-state index contributed by atoms with van der Waals surface area (Å²) in [4.78, 5) is 6.43. The highest BCUT2D eigenvalue weighted by Crippen LogP contribution is 2.55. The van der Waals surface area contributed by atoms with Crippen molar-refractivity contribution in [3.05, 3.63) is 126 Å². The largest absolute Gasteiger partial charge is 0.353 e. The van der Waals surface area contributed by atoms with E-state index in [1.165, 1.54) is 83.0 Å². The molecule has 0 unspecified atom stereocenters. The molecule has 0 amide bonds. The molecule has 8 rings (SSSR count). The first kappa shape index (κ1) is 21.3. The third-order valence-electron chi connectivity index (χ3n) is 8.21. The molecule has 1 aliphatic rings. The number of fused-ring (bicyclic) bond motifs is 11. The zero-order valence-electron chi connectivity index (χ0n) is 21.4. The molecule has 0 spiro atoms. The van der Waals surface area contributed by atoms with Gasteiger partial charge in [-0.15, -0.1) is 0 Å². The van der Waals surface area contributed by atoms with E-state index in [0.29, 0.717) is 0 Å². The molecular formula is C36H26N2. The molecule has 0 saturated carbocycles. The Labute approximate surface area is 221 Å². The third kappa shape index (κ3) is 2.83. The average Bonchev–Trinajstić information content (AvgIpc) is 3.29. The van der Waals surface area contributed by atoms with Gasteiger partial charge in [0.25, 0.3) is 0 Å². The van der Waals surface area contributed by atoms with E-state index in [1.54, 1.807) is 0 Å². The average molecular weight is 487 g/mol. The van der Waals surface area contributed by atoms with Gasteiger partial charge in [0.05, 0.1) is 22.6 Å². The summed E-state index contributed by atoms with van der Waals surface area (Å²) in [6.07, 6.45) is 0. The van der Waals surface area contributed by atoms with Crippen molar-refractivity contribution in [2.75, 3.05) is 4.90 Å². The zero-order chi connectivity index (χ0) is 25.4. The Morgan fingerprint density at radius 3 is 2.11 bits per heavy atom. The number of hydrogen-bond donors (Lipinski definition) is 1. The summed E-state index contributed by atoms with van der Waals surface area (Å²) in [5.74, 6) is 0. The topological polar surface area (TPSA) is 19.0 Å². The van der Waals surface area contributed by atoms with Gasteiger partial charge in [-0.1, -0.05) is 103 Å². The standard InChI is InChI=1S/C36H26N2/c1-22-11-9-15-27-25(22)20-21-29-33-28-14-6-8-17-32(28)38(31-16-7-3-10-23(31)2)36-26-13-5-4-12-24(26)18-19-30(36)35(33)37-34(27)29/h3-21,37H,1-2H3. The van der Waals surface area contributed by atoms with Gasteiger partial charge in [-0.3, -0.25) is 0 Å².